The molecule has 1 aromatic carbocycles. The van der Waals surface area contributed by atoms with Crippen LogP contribution >= 0.6 is 11.8 Å². The van der Waals surface area contributed by atoms with Gasteiger partial charge in [0.05, 0.1) is 5.69 Å². The fourth-order valence-corrected chi connectivity index (χ4v) is 5.59. The average molecular weight is 395 g/mol. The van der Waals surface area contributed by atoms with Crippen molar-refractivity contribution in [2.45, 2.75) is 35.7 Å². The molecule has 28 heavy (non-hydrogen) atoms. The number of benzene rings is 1. The Morgan fingerprint density at radius 3 is 2.82 bits per heavy atom. The zero-order valence-corrected chi connectivity index (χ0v) is 16.3. The van der Waals surface area contributed by atoms with Crippen molar-refractivity contribution in [2.75, 3.05) is 18.4 Å². The molecule has 0 spiro atoms. The summed E-state index contributed by atoms with van der Waals surface area (Å²) >= 11 is 1.64. The summed E-state index contributed by atoms with van der Waals surface area (Å²) in [5, 5.41) is 13.5. The Bertz CT molecular complexity index is 945. The van der Waals surface area contributed by atoms with E-state index < -0.39 is 5.97 Å². The highest BCUT2D eigenvalue weighted by atomic mass is 32.2. The first-order valence-corrected chi connectivity index (χ1v) is 10.5. The number of aromatic nitrogens is 2. The van der Waals surface area contributed by atoms with Crippen LogP contribution < -0.4 is 5.32 Å². The first kappa shape index (κ1) is 17.7. The molecule has 1 aromatic heterocycles. The highest BCUT2D eigenvalue weighted by molar-refractivity contribution is 7.99. The fourth-order valence-electron chi connectivity index (χ4n) is 4.71. The van der Waals surface area contributed by atoms with Crippen LogP contribution in [-0.2, 0) is 11.3 Å². The second kappa shape index (κ2) is 7.22. The molecule has 1 saturated carbocycles. The number of carboxylic acid groups (broad SMARTS) is 1. The third-order valence-electron chi connectivity index (χ3n) is 5.87. The standard InChI is InChI=1S/C21H22N4O2S/c26-19(27)9-16-14-2-1-3-15(16)12-25(11-14)10-13-4-5-18-17(8-13)24-20-21(28-18)23-7-6-22-20/h4-9,14-15H,1-3,10-12H2,(H,22,24)(H,26,27). The Morgan fingerprint density at radius 1 is 1.25 bits per heavy atom. The van der Waals surface area contributed by atoms with E-state index in [1.54, 1.807) is 24.2 Å². The number of hydrogen-bond donors (Lipinski definition) is 2. The molecular formula is C21H22N4O2S. The van der Waals surface area contributed by atoms with Crippen LogP contribution in [0.3, 0.4) is 0 Å². The van der Waals surface area contributed by atoms with E-state index in [0.717, 1.165) is 54.6 Å². The number of piperidine rings is 1. The van der Waals surface area contributed by atoms with Crippen LogP contribution in [0.1, 0.15) is 24.8 Å². The molecule has 3 aliphatic rings. The van der Waals surface area contributed by atoms with Crippen LogP contribution in [0.2, 0.25) is 0 Å². The predicted molar refractivity (Wildman–Crippen MR) is 108 cm³/mol. The molecule has 2 bridgehead atoms. The van der Waals surface area contributed by atoms with Crippen molar-refractivity contribution in [3.8, 4) is 0 Å². The number of fused-ring (bicyclic) bond motifs is 4. The van der Waals surface area contributed by atoms with Gasteiger partial charge in [-0.3, -0.25) is 4.90 Å². The van der Waals surface area contributed by atoms with Crippen molar-refractivity contribution in [3.05, 3.63) is 47.8 Å². The molecule has 3 heterocycles. The quantitative estimate of drug-likeness (QED) is 0.652. The number of anilines is 2. The lowest BCUT2D eigenvalue weighted by atomic mass is 9.73. The lowest BCUT2D eigenvalue weighted by molar-refractivity contribution is -0.131. The third kappa shape index (κ3) is 3.40. The first-order chi connectivity index (χ1) is 13.7. The van der Waals surface area contributed by atoms with Gasteiger partial charge in [0, 0.05) is 43.0 Å². The van der Waals surface area contributed by atoms with Crippen LogP contribution in [0.25, 0.3) is 0 Å². The highest BCUT2D eigenvalue weighted by Crippen LogP contribution is 2.43. The smallest absolute Gasteiger partial charge is 0.328 e. The molecule has 2 N–H and O–H groups in total. The third-order valence-corrected chi connectivity index (χ3v) is 6.94. The molecule has 5 rings (SSSR count). The number of rotatable bonds is 3. The maximum atomic E-state index is 11.2. The second-order valence-corrected chi connectivity index (χ2v) is 8.80. The van der Waals surface area contributed by atoms with E-state index in [1.807, 2.05) is 0 Å². The zero-order valence-electron chi connectivity index (χ0n) is 15.5. The van der Waals surface area contributed by atoms with Gasteiger partial charge in [0.15, 0.2) is 5.82 Å². The normalized spacial score (nSPS) is 23.4. The summed E-state index contributed by atoms with van der Waals surface area (Å²) in [7, 11) is 0. The Labute approximate surface area is 168 Å². The van der Waals surface area contributed by atoms with Gasteiger partial charge in [0.25, 0.3) is 0 Å². The van der Waals surface area contributed by atoms with E-state index in [4.69, 9.17) is 0 Å². The van der Waals surface area contributed by atoms with Gasteiger partial charge in [-0.15, -0.1) is 0 Å². The zero-order chi connectivity index (χ0) is 19.1. The summed E-state index contributed by atoms with van der Waals surface area (Å²) in [6.45, 7) is 2.78. The number of aliphatic carboxylic acids is 1. The van der Waals surface area contributed by atoms with Crippen molar-refractivity contribution in [2.24, 2.45) is 11.8 Å². The molecular weight excluding hydrogens is 372 g/mol. The highest BCUT2D eigenvalue weighted by Gasteiger charge is 2.35. The molecule has 1 saturated heterocycles. The fraction of sp³-hybridized carbons (Fsp3) is 0.381. The minimum Gasteiger partial charge on any atom is -0.478 e. The minimum atomic E-state index is -0.804. The number of carbonyl (C=O) groups is 1. The van der Waals surface area contributed by atoms with Crippen LogP contribution in [0, 0.1) is 11.8 Å². The number of likely N-dealkylation sites (tertiary alicyclic amines) is 1. The summed E-state index contributed by atoms with van der Waals surface area (Å²) < 4.78 is 0. The maximum absolute atomic E-state index is 11.2. The predicted octanol–water partition coefficient (Wildman–Crippen LogP) is 3.93. The summed E-state index contributed by atoms with van der Waals surface area (Å²) in [5.74, 6) is 0.782. The summed E-state index contributed by atoms with van der Waals surface area (Å²) in [6.07, 6.45) is 8.31. The lowest BCUT2D eigenvalue weighted by Crippen LogP contribution is -2.44. The van der Waals surface area contributed by atoms with Crippen molar-refractivity contribution in [1.29, 1.82) is 0 Å². The molecule has 2 fully saturated rings. The Morgan fingerprint density at radius 2 is 2.04 bits per heavy atom. The topological polar surface area (TPSA) is 78.4 Å². The van der Waals surface area contributed by atoms with Gasteiger partial charge in [0.2, 0.25) is 0 Å². The summed E-state index contributed by atoms with van der Waals surface area (Å²) in [6, 6.07) is 6.55. The molecule has 0 radical (unpaired) electrons. The van der Waals surface area contributed by atoms with Crippen LogP contribution in [0.4, 0.5) is 11.5 Å². The van der Waals surface area contributed by atoms with Gasteiger partial charge in [-0.25, -0.2) is 14.8 Å². The SMILES string of the molecule is O=C(O)C=C1C2CCCC1CN(Cc1ccc3c(c1)Nc1nccnc1S3)C2. The Hall–Kier alpha value is -2.38. The molecule has 2 atom stereocenters. The minimum absolute atomic E-state index is 0.386. The molecule has 144 valence electrons. The summed E-state index contributed by atoms with van der Waals surface area (Å²) in [4.78, 5) is 23.6. The van der Waals surface area contributed by atoms with Crippen molar-refractivity contribution >= 4 is 29.2 Å². The molecule has 2 unspecified atom stereocenters. The number of nitrogens with zero attached hydrogens (tertiary/aromatic N) is 3. The number of nitrogens with one attached hydrogen (secondary N) is 1. The molecule has 6 nitrogen and oxygen atoms in total. The average Bonchev–Trinajstić information content (AvgIpc) is 2.66. The molecule has 2 aliphatic heterocycles. The number of carboxylic acids is 1. The van der Waals surface area contributed by atoms with E-state index in [-0.39, 0.29) is 0 Å². The monoisotopic (exact) mass is 394 g/mol. The lowest BCUT2D eigenvalue weighted by Gasteiger charge is -2.43. The maximum Gasteiger partial charge on any atom is 0.328 e. The Kier molecular flexibility index (Phi) is 4.56. The summed E-state index contributed by atoms with van der Waals surface area (Å²) in [5.41, 5.74) is 3.51. The molecule has 2 aromatic rings. The van der Waals surface area contributed by atoms with Gasteiger partial charge >= 0.3 is 5.97 Å². The van der Waals surface area contributed by atoms with Gasteiger partial charge < -0.3 is 10.4 Å². The second-order valence-electron chi connectivity index (χ2n) is 7.77. The van der Waals surface area contributed by atoms with E-state index in [9.17, 15) is 9.90 Å². The molecule has 7 heteroatoms. The van der Waals surface area contributed by atoms with E-state index >= 15 is 0 Å². The Balaban J connectivity index is 1.32. The number of hydrogen-bond acceptors (Lipinski definition) is 6. The van der Waals surface area contributed by atoms with Gasteiger partial charge in [-0.2, -0.15) is 0 Å². The van der Waals surface area contributed by atoms with Gasteiger partial charge in [-0.1, -0.05) is 29.8 Å². The van der Waals surface area contributed by atoms with E-state index in [0.29, 0.717) is 11.8 Å². The first-order valence-electron chi connectivity index (χ1n) is 9.71. The van der Waals surface area contributed by atoms with Crippen molar-refractivity contribution in [1.82, 2.24) is 14.9 Å². The molecule has 1 aliphatic carbocycles. The van der Waals surface area contributed by atoms with Gasteiger partial charge in [-0.05, 0) is 42.4 Å². The van der Waals surface area contributed by atoms with Crippen LogP contribution in [0.15, 0.2) is 52.2 Å². The van der Waals surface area contributed by atoms with Crippen LogP contribution in [-0.4, -0.2) is 39.0 Å². The largest absolute Gasteiger partial charge is 0.478 e. The van der Waals surface area contributed by atoms with Crippen molar-refractivity contribution < 1.29 is 9.90 Å². The molecule has 0 amide bonds. The van der Waals surface area contributed by atoms with E-state index in [1.165, 1.54) is 23.0 Å². The van der Waals surface area contributed by atoms with Gasteiger partial charge in [0.1, 0.15) is 5.03 Å². The van der Waals surface area contributed by atoms with Crippen molar-refractivity contribution in [3.63, 3.8) is 0 Å². The van der Waals surface area contributed by atoms with E-state index in [2.05, 4.69) is 38.4 Å². The van der Waals surface area contributed by atoms with Crippen LogP contribution in [0.5, 0.6) is 0 Å².